The topological polar surface area (TPSA) is 98.3 Å². The van der Waals surface area contributed by atoms with E-state index in [0.717, 1.165) is 5.69 Å². The van der Waals surface area contributed by atoms with Gasteiger partial charge in [-0.2, -0.15) is 5.26 Å². The largest absolute Gasteiger partial charge is 0.504 e. The Morgan fingerprint density at radius 1 is 1.18 bits per heavy atom. The van der Waals surface area contributed by atoms with E-state index in [2.05, 4.69) is 32.2 Å². The van der Waals surface area contributed by atoms with Crippen molar-refractivity contribution in [1.82, 2.24) is 4.57 Å². The molecule has 4 rings (SSSR count). The van der Waals surface area contributed by atoms with Gasteiger partial charge in [0.15, 0.2) is 11.5 Å². The van der Waals surface area contributed by atoms with Crippen LogP contribution in [0.4, 0.5) is 10.1 Å². The summed E-state index contributed by atoms with van der Waals surface area (Å²) < 4.78 is 17.2. The van der Waals surface area contributed by atoms with Crippen LogP contribution >= 0.6 is 0 Å². The van der Waals surface area contributed by atoms with E-state index in [-0.39, 0.29) is 22.8 Å². The molecule has 0 aliphatic heterocycles. The number of fused-ring (bicyclic) bond motifs is 1. The van der Waals surface area contributed by atoms with Crippen LogP contribution in [0.5, 0.6) is 11.5 Å². The second-order valence-electron chi connectivity index (χ2n) is 9.83. The van der Waals surface area contributed by atoms with E-state index in [4.69, 9.17) is 5.26 Å². The quantitative estimate of drug-likeness (QED) is 0.344. The average Bonchev–Trinajstić information content (AvgIpc) is 3.46. The summed E-state index contributed by atoms with van der Waals surface area (Å²) in [5, 5.41) is 31.9. The summed E-state index contributed by atoms with van der Waals surface area (Å²) >= 11 is 0. The maximum absolute atomic E-state index is 15.3. The zero-order valence-corrected chi connectivity index (χ0v) is 19.1. The molecule has 7 heteroatoms. The van der Waals surface area contributed by atoms with Crippen LogP contribution in [-0.2, 0) is 22.2 Å². The Kier molecular flexibility index (Phi) is 5.57. The fourth-order valence-corrected chi connectivity index (χ4v) is 4.45. The number of aromatic hydroxyl groups is 2. The third kappa shape index (κ3) is 4.13. The first-order valence-corrected chi connectivity index (χ1v) is 11.1. The smallest absolute Gasteiger partial charge is 0.235 e. The molecular formula is C26H28FN3O3. The number of rotatable bonds is 6. The third-order valence-corrected chi connectivity index (χ3v) is 6.36. The van der Waals surface area contributed by atoms with Gasteiger partial charge < -0.3 is 20.1 Å². The summed E-state index contributed by atoms with van der Waals surface area (Å²) in [4.78, 5) is 13.1. The Bertz CT molecular complexity index is 1280. The zero-order valence-electron chi connectivity index (χ0n) is 19.1. The van der Waals surface area contributed by atoms with Crippen molar-refractivity contribution >= 4 is 22.5 Å². The van der Waals surface area contributed by atoms with Crippen molar-refractivity contribution in [3.8, 4) is 17.6 Å². The molecule has 1 fully saturated rings. The van der Waals surface area contributed by atoms with E-state index in [0.29, 0.717) is 54.4 Å². The summed E-state index contributed by atoms with van der Waals surface area (Å²) in [5.74, 6) is -1.21. The minimum absolute atomic E-state index is 0.222. The van der Waals surface area contributed by atoms with Crippen molar-refractivity contribution in [3.05, 3.63) is 53.5 Å². The number of phenolic OH excluding ortho intramolecular Hbond substituents is 2. The minimum Gasteiger partial charge on any atom is -0.504 e. The maximum Gasteiger partial charge on any atom is 0.235 e. The third-order valence-electron chi connectivity index (χ3n) is 6.36. The molecule has 0 atom stereocenters. The van der Waals surface area contributed by atoms with Crippen molar-refractivity contribution in [2.75, 3.05) is 5.32 Å². The first-order valence-electron chi connectivity index (χ1n) is 11.1. The number of amides is 1. The molecule has 3 N–H and O–H groups in total. The molecule has 33 heavy (non-hydrogen) atoms. The van der Waals surface area contributed by atoms with Gasteiger partial charge in [0, 0.05) is 35.1 Å². The summed E-state index contributed by atoms with van der Waals surface area (Å²) in [5.41, 5.74) is 1.41. The highest BCUT2D eigenvalue weighted by Crippen LogP contribution is 2.50. The average molecular weight is 450 g/mol. The molecule has 0 saturated heterocycles. The lowest BCUT2D eigenvalue weighted by Crippen LogP contribution is -2.27. The predicted octanol–water partition coefficient (Wildman–Crippen LogP) is 5.46. The molecule has 6 nitrogen and oxygen atoms in total. The normalized spacial score (nSPS) is 14.8. The van der Waals surface area contributed by atoms with Crippen LogP contribution in [0.25, 0.3) is 10.9 Å². The number of hydrogen-bond donors (Lipinski definition) is 3. The van der Waals surface area contributed by atoms with Crippen LogP contribution < -0.4 is 5.32 Å². The maximum atomic E-state index is 15.3. The molecule has 0 radical (unpaired) electrons. The Hall–Kier alpha value is -3.53. The molecule has 0 spiro atoms. The number of halogens is 1. The zero-order chi connectivity index (χ0) is 24.0. The Morgan fingerprint density at radius 3 is 2.52 bits per heavy atom. The first kappa shape index (κ1) is 22.7. The van der Waals surface area contributed by atoms with Crippen molar-refractivity contribution in [2.45, 2.75) is 63.8 Å². The van der Waals surface area contributed by atoms with Crippen LogP contribution in [0.2, 0.25) is 0 Å². The highest BCUT2D eigenvalue weighted by molar-refractivity contribution is 6.02. The molecule has 2 aromatic carbocycles. The molecule has 0 bridgehead atoms. The van der Waals surface area contributed by atoms with Crippen LogP contribution in [-0.4, -0.2) is 20.7 Å². The number of carbonyl (C=O) groups is 1. The number of carbonyl (C=O) groups excluding carboxylic acids is 1. The monoisotopic (exact) mass is 449 g/mol. The highest BCUT2D eigenvalue weighted by Gasteiger charge is 2.51. The second kappa shape index (κ2) is 8.11. The molecule has 172 valence electrons. The molecule has 0 unspecified atom stereocenters. The van der Waals surface area contributed by atoms with Crippen molar-refractivity contribution in [3.63, 3.8) is 0 Å². The SMILES string of the molecule is CC(C)(C)c1cc2cc(NC(=O)C3(c4ccc(O)c(O)c4)CC3)cc(F)c2n1CCCC#N. The lowest BCUT2D eigenvalue weighted by atomic mass is 9.92. The first-order chi connectivity index (χ1) is 15.6. The van der Waals surface area contributed by atoms with Crippen LogP contribution in [0, 0.1) is 17.1 Å². The number of nitrogens with zero attached hydrogens (tertiary/aromatic N) is 2. The Balaban J connectivity index is 1.67. The number of anilines is 1. The summed E-state index contributed by atoms with van der Waals surface area (Å²) in [6.07, 6.45) is 2.24. The van der Waals surface area contributed by atoms with Crippen LogP contribution in [0.1, 0.15) is 57.7 Å². The second-order valence-corrected chi connectivity index (χ2v) is 9.83. The fourth-order valence-electron chi connectivity index (χ4n) is 4.45. The number of aryl methyl sites for hydroxylation is 1. The molecule has 1 heterocycles. The predicted molar refractivity (Wildman–Crippen MR) is 125 cm³/mol. The number of hydrogen-bond acceptors (Lipinski definition) is 4. The van der Waals surface area contributed by atoms with Gasteiger partial charge in [0.05, 0.1) is 17.0 Å². The molecule has 1 amide bonds. The lowest BCUT2D eigenvalue weighted by Gasteiger charge is -2.22. The molecular weight excluding hydrogens is 421 g/mol. The van der Waals surface area contributed by atoms with Gasteiger partial charge in [-0.05, 0) is 55.2 Å². The van der Waals surface area contributed by atoms with E-state index in [1.54, 1.807) is 12.1 Å². The lowest BCUT2D eigenvalue weighted by molar-refractivity contribution is -0.118. The van der Waals surface area contributed by atoms with Gasteiger partial charge in [0.2, 0.25) is 5.91 Å². The van der Waals surface area contributed by atoms with Gasteiger partial charge in [-0.1, -0.05) is 26.8 Å². The van der Waals surface area contributed by atoms with Crippen molar-refractivity contribution in [1.29, 1.82) is 5.26 Å². The summed E-state index contributed by atoms with van der Waals surface area (Å²) in [6.45, 7) is 6.73. The van der Waals surface area contributed by atoms with Crippen molar-refractivity contribution < 1.29 is 19.4 Å². The van der Waals surface area contributed by atoms with E-state index in [9.17, 15) is 15.0 Å². The number of nitriles is 1. The number of unbranched alkanes of at least 4 members (excludes halogenated alkanes) is 1. The van der Waals surface area contributed by atoms with Gasteiger partial charge in [-0.15, -0.1) is 0 Å². The summed E-state index contributed by atoms with van der Waals surface area (Å²) in [6, 6.07) is 11.6. The molecule has 1 aliphatic carbocycles. The van der Waals surface area contributed by atoms with E-state index in [1.807, 2.05) is 10.6 Å². The highest BCUT2D eigenvalue weighted by atomic mass is 19.1. The van der Waals surface area contributed by atoms with Gasteiger partial charge in [-0.25, -0.2) is 4.39 Å². The van der Waals surface area contributed by atoms with E-state index < -0.39 is 11.2 Å². The van der Waals surface area contributed by atoms with E-state index >= 15 is 4.39 Å². The summed E-state index contributed by atoms with van der Waals surface area (Å²) in [7, 11) is 0. The Labute approximate surface area is 192 Å². The van der Waals surface area contributed by atoms with Crippen LogP contribution in [0.3, 0.4) is 0 Å². The molecule has 3 aromatic rings. The number of nitrogens with one attached hydrogen (secondary N) is 1. The number of benzene rings is 2. The van der Waals surface area contributed by atoms with Crippen LogP contribution in [0.15, 0.2) is 36.4 Å². The fraction of sp³-hybridized carbons (Fsp3) is 0.385. The van der Waals surface area contributed by atoms with Crippen molar-refractivity contribution in [2.24, 2.45) is 0 Å². The minimum atomic E-state index is -0.795. The molecule has 1 aromatic heterocycles. The molecule has 1 saturated carbocycles. The van der Waals surface area contributed by atoms with Gasteiger partial charge in [0.1, 0.15) is 5.82 Å². The standard InChI is InChI=1S/C26H28FN3O3/c1-25(2,3)22-13-16-12-18(15-19(27)23(16)30(22)11-5-4-10-28)29-24(33)26(8-9-26)17-6-7-20(31)21(32)14-17/h6-7,12-15,31-32H,4-5,8-9,11H2,1-3H3,(H,29,33). The number of phenols is 2. The van der Waals surface area contributed by atoms with Gasteiger partial charge >= 0.3 is 0 Å². The van der Waals surface area contributed by atoms with Gasteiger partial charge in [0.25, 0.3) is 0 Å². The van der Waals surface area contributed by atoms with Gasteiger partial charge in [-0.3, -0.25) is 4.79 Å². The Morgan fingerprint density at radius 2 is 1.91 bits per heavy atom. The molecule has 1 aliphatic rings. The van der Waals surface area contributed by atoms with E-state index in [1.165, 1.54) is 18.2 Å². The number of aromatic nitrogens is 1.